The Morgan fingerprint density at radius 1 is 0.259 bits per heavy atom. The van der Waals surface area contributed by atoms with Gasteiger partial charge in [0.15, 0.2) is 6.10 Å². The lowest BCUT2D eigenvalue weighted by Crippen LogP contribution is -2.30. The zero-order chi connectivity index (χ0) is 58.5. The Labute approximate surface area is 500 Å². The molecular weight excluding hydrogens is 997 g/mol. The topological polar surface area (TPSA) is 78.9 Å². The molecule has 6 heteroatoms. The molecule has 0 radical (unpaired) electrons. The minimum atomic E-state index is -0.797. The van der Waals surface area contributed by atoms with Crippen molar-refractivity contribution in [2.24, 2.45) is 0 Å². The Balaban J connectivity index is 4.36. The van der Waals surface area contributed by atoms with Crippen molar-refractivity contribution in [1.82, 2.24) is 0 Å². The lowest BCUT2D eigenvalue weighted by atomic mass is 10.1. The highest BCUT2D eigenvalue weighted by Gasteiger charge is 2.19. The fourth-order valence-corrected chi connectivity index (χ4v) is 9.14. The quantitative estimate of drug-likeness (QED) is 0.0261. The number of carbonyl (C=O) groups is 3. The standard InChI is InChI=1S/C75H124O6/c1-4-7-10-13-16-19-22-25-28-30-32-33-34-35-36-37-38-39-40-41-43-44-47-50-53-56-59-62-65-68-74(77)80-71-72(70-79-73(76)67-64-61-58-55-52-49-46-27-24-21-18-15-12-9-6-3)81-75(78)69-66-63-60-57-54-51-48-45-42-31-29-26-23-20-17-14-11-8-5-2/h7-8,10-11,16-17,19-20,25-29,32-33,35-36,38-39,42,45-46,72H,4-6,9,12-15,18,21-24,30-31,34,37,40-41,43-44,47-71H2,1-3H3/b10-7-,11-8-,19-16-,20-17-,28-25-,29-26-,33-32-,36-35-,39-38-,45-42-,46-27-. The van der Waals surface area contributed by atoms with Gasteiger partial charge in [-0.05, 0) is 135 Å². The van der Waals surface area contributed by atoms with E-state index in [1.54, 1.807) is 0 Å². The number of carbonyl (C=O) groups excluding carboxylic acids is 3. The lowest BCUT2D eigenvalue weighted by Gasteiger charge is -2.18. The maximum absolute atomic E-state index is 12.9. The molecule has 0 bridgehead atoms. The molecule has 0 saturated carbocycles. The number of hydrogen-bond acceptors (Lipinski definition) is 6. The molecule has 81 heavy (non-hydrogen) atoms. The van der Waals surface area contributed by atoms with E-state index in [4.69, 9.17) is 14.2 Å². The van der Waals surface area contributed by atoms with Crippen LogP contribution in [0, 0.1) is 0 Å². The average Bonchev–Trinajstić information content (AvgIpc) is 3.47. The monoisotopic (exact) mass is 1120 g/mol. The normalized spacial score (nSPS) is 13.0. The zero-order valence-corrected chi connectivity index (χ0v) is 52.8. The predicted molar refractivity (Wildman–Crippen MR) is 353 cm³/mol. The summed E-state index contributed by atoms with van der Waals surface area (Å²) in [4.78, 5) is 38.4. The molecule has 0 aromatic rings. The van der Waals surface area contributed by atoms with Crippen LogP contribution < -0.4 is 0 Å². The first-order valence-electron chi connectivity index (χ1n) is 33.7. The van der Waals surface area contributed by atoms with Crippen molar-refractivity contribution in [3.8, 4) is 0 Å². The molecule has 0 aromatic heterocycles. The first kappa shape index (κ1) is 76.5. The molecule has 0 fully saturated rings. The Bertz CT molecular complexity index is 1720. The average molecular weight is 1120 g/mol. The summed E-state index contributed by atoms with van der Waals surface area (Å²) in [6.45, 7) is 6.40. The van der Waals surface area contributed by atoms with Crippen LogP contribution in [0.4, 0.5) is 0 Å². The van der Waals surface area contributed by atoms with E-state index in [-0.39, 0.29) is 31.1 Å². The Hall–Kier alpha value is -4.45. The van der Waals surface area contributed by atoms with Gasteiger partial charge in [-0.15, -0.1) is 0 Å². The summed E-state index contributed by atoms with van der Waals surface area (Å²) in [7, 11) is 0. The molecule has 1 atom stereocenters. The number of rotatable bonds is 60. The largest absolute Gasteiger partial charge is 0.462 e. The highest BCUT2D eigenvalue weighted by Crippen LogP contribution is 2.16. The molecule has 0 saturated heterocycles. The molecule has 0 N–H and O–H groups in total. The predicted octanol–water partition coefficient (Wildman–Crippen LogP) is 23.3. The highest BCUT2D eigenvalue weighted by molar-refractivity contribution is 5.71. The number of unbranched alkanes of at least 4 members (excludes halogenated alkanes) is 27. The van der Waals surface area contributed by atoms with E-state index in [1.807, 2.05) is 0 Å². The number of ether oxygens (including phenoxy) is 3. The van der Waals surface area contributed by atoms with Crippen LogP contribution in [0.3, 0.4) is 0 Å². The van der Waals surface area contributed by atoms with Gasteiger partial charge in [-0.2, -0.15) is 0 Å². The number of allylic oxidation sites excluding steroid dienone is 22. The SMILES string of the molecule is CC/C=C\C/C=C\C/C=C\C/C=C\C/C=C\C/C=C\CCCCCCCCCCCCC(=O)OCC(COC(=O)CCCCCCC/C=C\CCCCCCCC)OC(=O)CCCCCCCC/C=C\C/C=C\C/C=C\C/C=C\CC. The second-order valence-corrected chi connectivity index (χ2v) is 22.0. The number of hydrogen-bond donors (Lipinski definition) is 0. The summed E-state index contributed by atoms with van der Waals surface area (Å²) in [5, 5.41) is 0. The van der Waals surface area contributed by atoms with Crippen LogP contribution in [0.5, 0.6) is 0 Å². The van der Waals surface area contributed by atoms with Crippen molar-refractivity contribution in [3.63, 3.8) is 0 Å². The summed E-state index contributed by atoms with van der Waals surface area (Å²) < 4.78 is 16.9. The number of esters is 3. The molecule has 460 valence electrons. The lowest BCUT2D eigenvalue weighted by molar-refractivity contribution is -0.167. The van der Waals surface area contributed by atoms with E-state index in [0.717, 1.165) is 141 Å². The summed E-state index contributed by atoms with van der Waals surface area (Å²) in [6.07, 6.45) is 96.0. The first-order valence-corrected chi connectivity index (χ1v) is 33.7. The van der Waals surface area contributed by atoms with Crippen LogP contribution in [0.25, 0.3) is 0 Å². The van der Waals surface area contributed by atoms with Gasteiger partial charge in [0.1, 0.15) is 13.2 Å². The molecule has 0 rings (SSSR count). The van der Waals surface area contributed by atoms with Gasteiger partial charge in [0, 0.05) is 19.3 Å². The Morgan fingerprint density at radius 2 is 0.481 bits per heavy atom. The van der Waals surface area contributed by atoms with Gasteiger partial charge in [0.2, 0.25) is 0 Å². The van der Waals surface area contributed by atoms with Crippen LogP contribution in [0.1, 0.15) is 303 Å². The van der Waals surface area contributed by atoms with Crippen molar-refractivity contribution >= 4 is 17.9 Å². The zero-order valence-electron chi connectivity index (χ0n) is 52.8. The molecule has 0 amide bonds. The van der Waals surface area contributed by atoms with Crippen LogP contribution in [0.2, 0.25) is 0 Å². The third-order valence-electron chi connectivity index (χ3n) is 14.1. The van der Waals surface area contributed by atoms with Gasteiger partial charge in [-0.25, -0.2) is 0 Å². The van der Waals surface area contributed by atoms with E-state index < -0.39 is 6.10 Å². The van der Waals surface area contributed by atoms with Crippen LogP contribution in [-0.4, -0.2) is 37.2 Å². The van der Waals surface area contributed by atoms with Crippen molar-refractivity contribution in [1.29, 1.82) is 0 Å². The van der Waals surface area contributed by atoms with Crippen LogP contribution in [-0.2, 0) is 28.6 Å². The maximum atomic E-state index is 12.9. The van der Waals surface area contributed by atoms with Crippen molar-refractivity contribution in [2.45, 2.75) is 309 Å². The molecule has 6 nitrogen and oxygen atoms in total. The summed E-state index contributed by atoms with van der Waals surface area (Å²) in [5.74, 6) is -0.912. The van der Waals surface area contributed by atoms with Crippen LogP contribution >= 0.6 is 0 Å². The van der Waals surface area contributed by atoms with Crippen molar-refractivity contribution in [2.75, 3.05) is 13.2 Å². The summed E-state index contributed by atoms with van der Waals surface area (Å²) in [6, 6.07) is 0. The maximum Gasteiger partial charge on any atom is 0.306 e. The van der Waals surface area contributed by atoms with E-state index in [0.29, 0.717) is 19.3 Å². The van der Waals surface area contributed by atoms with E-state index in [1.165, 1.54) is 122 Å². The smallest absolute Gasteiger partial charge is 0.306 e. The molecule has 0 spiro atoms. The summed E-state index contributed by atoms with van der Waals surface area (Å²) in [5.41, 5.74) is 0. The molecular formula is C75H124O6. The van der Waals surface area contributed by atoms with Gasteiger partial charge >= 0.3 is 17.9 Å². The molecule has 0 heterocycles. The van der Waals surface area contributed by atoms with E-state index in [9.17, 15) is 14.4 Å². The van der Waals surface area contributed by atoms with Gasteiger partial charge in [-0.3, -0.25) is 14.4 Å². The van der Waals surface area contributed by atoms with E-state index in [2.05, 4.69) is 154 Å². The minimum absolute atomic E-state index is 0.0913. The van der Waals surface area contributed by atoms with Gasteiger partial charge in [-0.1, -0.05) is 283 Å². The van der Waals surface area contributed by atoms with Gasteiger partial charge in [0.25, 0.3) is 0 Å². The fourth-order valence-electron chi connectivity index (χ4n) is 9.14. The molecule has 0 aliphatic carbocycles. The molecule has 0 aromatic carbocycles. The third kappa shape index (κ3) is 66.2. The Kier molecular flexibility index (Phi) is 64.3. The highest BCUT2D eigenvalue weighted by atomic mass is 16.6. The molecule has 0 aliphatic heterocycles. The molecule has 0 aliphatic rings. The van der Waals surface area contributed by atoms with Crippen molar-refractivity contribution in [3.05, 3.63) is 134 Å². The minimum Gasteiger partial charge on any atom is -0.462 e. The third-order valence-corrected chi connectivity index (χ3v) is 14.1. The van der Waals surface area contributed by atoms with Gasteiger partial charge < -0.3 is 14.2 Å². The second kappa shape index (κ2) is 68.1. The first-order chi connectivity index (χ1) is 40.0. The Morgan fingerprint density at radius 3 is 0.765 bits per heavy atom. The molecule has 1 unspecified atom stereocenters. The van der Waals surface area contributed by atoms with Gasteiger partial charge in [0.05, 0.1) is 0 Å². The summed E-state index contributed by atoms with van der Waals surface area (Å²) >= 11 is 0. The second-order valence-electron chi connectivity index (χ2n) is 22.0. The fraction of sp³-hybridized carbons (Fsp3) is 0.667. The van der Waals surface area contributed by atoms with E-state index >= 15 is 0 Å². The van der Waals surface area contributed by atoms with Crippen LogP contribution in [0.15, 0.2) is 134 Å². The van der Waals surface area contributed by atoms with Crippen molar-refractivity contribution < 1.29 is 28.6 Å².